The third kappa shape index (κ3) is 2.78. The number of benzene rings is 2. The van der Waals surface area contributed by atoms with Gasteiger partial charge in [-0.15, -0.1) is 0 Å². The van der Waals surface area contributed by atoms with E-state index in [0.717, 1.165) is 20.4 Å². The maximum absolute atomic E-state index is 12.4. The Morgan fingerprint density at radius 1 is 0.722 bits per heavy atom. The fourth-order valence-corrected chi connectivity index (χ4v) is 3.71. The Kier molecular flexibility index (Phi) is 4.13. The summed E-state index contributed by atoms with van der Waals surface area (Å²) >= 11 is -2.20. The fraction of sp³-hybridized carbons (Fsp3) is 0.143. The second-order valence-electron chi connectivity index (χ2n) is 3.62. The summed E-state index contributed by atoms with van der Waals surface area (Å²) < 4.78 is 24.2. The average molecular weight is 309 g/mol. The quantitative estimate of drug-likeness (QED) is 0.797. The van der Waals surface area contributed by atoms with E-state index in [9.17, 15) is 3.83 Å². The topological polar surface area (TPSA) is 35.5 Å². The molecular weight excluding hydrogens is 295 g/mol. The Bertz CT molecular complexity index is 482. The van der Waals surface area contributed by atoms with Gasteiger partial charge in [0.05, 0.1) is 0 Å². The van der Waals surface area contributed by atoms with Crippen molar-refractivity contribution in [2.75, 3.05) is 14.2 Å². The number of rotatable bonds is 4. The van der Waals surface area contributed by atoms with Crippen LogP contribution in [0.3, 0.4) is 0 Å². The second-order valence-corrected chi connectivity index (χ2v) is 6.73. The first-order valence-electron chi connectivity index (χ1n) is 5.44. The van der Waals surface area contributed by atoms with E-state index in [1.165, 1.54) is 0 Å². The molecule has 0 bridgehead atoms. The van der Waals surface area contributed by atoms with Crippen molar-refractivity contribution in [1.82, 2.24) is 0 Å². The molecule has 2 rings (SSSR count). The molecule has 0 heterocycles. The van der Waals surface area contributed by atoms with Gasteiger partial charge in [-0.3, -0.25) is 0 Å². The van der Waals surface area contributed by atoms with Crippen LogP contribution in [-0.4, -0.2) is 28.1 Å². The summed E-state index contributed by atoms with van der Waals surface area (Å²) in [4.78, 5) is 0. The van der Waals surface area contributed by atoms with Crippen LogP contribution in [0.2, 0.25) is 0 Å². The van der Waals surface area contributed by atoms with Crippen LogP contribution in [0.4, 0.5) is 0 Å². The Balaban J connectivity index is 2.23. The Labute approximate surface area is 110 Å². The summed E-state index contributed by atoms with van der Waals surface area (Å²) in [5, 5.41) is 0. The van der Waals surface area contributed by atoms with E-state index in [1.54, 1.807) is 14.2 Å². The summed E-state index contributed by atoms with van der Waals surface area (Å²) in [6.07, 6.45) is 0. The van der Waals surface area contributed by atoms with Crippen molar-refractivity contribution in [2.24, 2.45) is 0 Å². The van der Waals surface area contributed by atoms with Gasteiger partial charge in [0.2, 0.25) is 0 Å². The maximum atomic E-state index is 12.4. The van der Waals surface area contributed by atoms with Gasteiger partial charge in [0.1, 0.15) is 0 Å². The third-order valence-corrected chi connectivity index (χ3v) is 5.49. The standard InChI is InChI=1S/C14H14O3Se/c1-16-11-3-7-13(8-4-11)18(15)14-9-5-12(17-2)6-10-14/h3-10H,1-2H3. The van der Waals surface area contributed by atoms with Crippen LogP contribution in [0.5, 0.6) is 11.5 Å². The van der Waals surface area contributed by atoms with Crippen LogP contribution in [0.1, 0.15) is 0 Å². The normalized spacial score (nSPS) is 10.4. The summed E-state index contributed by atoms with van der Waals surface area (Å²) in [5.74, 6) is 1.54. The predicted octanol–water partition coefficient (Wildman–Crippen LogP) is 1.24. The number of ether oxygens (including phenoxy) is 2. The van der Waals surface area contributed by atoms with E-state index in [2.05, 4.69) is 0 Å². The summed E-state index contributed by atoms with van der Waals surface area (Å²) in [7, 11) is 3.23. The van der Waals surface area contributed by atoms with Crippen molar-refractivity contribution in [3.63, 3.8) is 0 Å². The molecule has 0 fully saturated rings. The number of hydrogen-bond donors (Lipinski definition) is 0. The first kappa shape index (κ1) is 12.8. The molecule has 2 aromatic carbocycles. The van der Waals surface area contributed by atoms with Crippen LogP contribution in [0.25, 0.3) is 0 Å². The Morgan fingerprint density at radius 2 is 1.06 bits per heavy atom. The summed E-state index contributed by atoms with van der Waals surface area (Å²) in [6.45, 7) is 0. The first-order valence-corrected chi connectivity index (χ1v) is 7.85. The average Bonchev–Trinajstić information content (AvgIpc) is 2.47. The molecule has 0 aliphatic carbocycles. The first-order chi connectivity index (χ1) is 8.74. The van der Waals surface area contributed by atoms with Gasteiger partial charge in [-0.2, -0.15) is 0 Å². The van der Waals surface area contributed by atoms with E-state index in [4.69, 9.17) is 9.47 Å². The van der Waals surface area contributed by atoms with Crippen molar-refractivity contribution >= 4 is 22.8 Å². The minimum atomic E-state index is -2.20. The van der Waals surface area contributed by atoms with Gasteiger partial charge in [0.25, 0.3) is 0 Å². The van der Waals surface area contributed by atoms with Crippen LogP contribution in [0, 0.1) is 0 Å². The van der Waals surface area contributed by atoms with Gasteiger partial charge in [0, 0.05) is 0 Å². The number of hydrogen-bond acceptors (Lipinski definition) is 3. The molecule has 94 valence electrons. The van der Waals surface area contributed by atoms with Crippen molar-refractivity contribution in [3.8, 4) is 11.5 Å². The molecule has 0 aliphatic heterocycles. The zero-order valence-corrected chi connectivity index (χ0v) is 12.0. The molecule has 0 unspecified atom stereocenters. The van der Waals surface area contributed by atoms with Crippen LogP contribution < -0.4 is 18.4 Å². The molecule has 0 atom stereocenters. The Morgan fingerprint density at radius 3 is 1.33 bits per heavy atom. The molecule has 4 heteroatoms. The van der Waals surface area contributed by atoms with Crippen molar-refractivity contribution in [3.05, 3.63) is 48.5 Å². The molecule has 3 nitrogen and oxygen atoms in total. The van der Waals surface area contributed by atoms with E-state index in [-0.39, 0.29) is 0 Å². The van der Waals surface area contributed by atoms with E-state index in [1.807, 2.05) is 48.5 Å². The van der Waals surface area contributed by atoms with E-state index < -0.39 is 13.8 Å². The number of methoxy groups -OCH3 is 2. The molecule has 0 aliphatic rings. The van der Waals surface area contributed by atoms with Crippen LogP contribution >= 0.6 is 0 Å². The summed E-state index contributed by atoms with van der Waals surface area (Å²) in [6, 6.07) is 14.7. The van der Waals surface area contributed by atoms with Gasteiger partial charge in [0.15, 0.2) is 0 Å². The molecule has 0 saturated carbocycles. The molecule has 0 radical (unpaired) electrons. The van der Waals surface area contributed by atoms with Gasteiger partial charge < -0.3 is 0 Å². The van der Waals surface area contributed by atoms with Gasteiger partial charge in [-0.1, -0.05) is 0 Å². The molecule has 0 spiro atoms. The molecule has 2 aromatic rings. The van der Waals surface area contributed by atoms with Crippen molar-refractivity contribution < 1.29 is 13.3 Å². The third-order valence-electron chi connectivity index (χ3n) is 2.55. The summed E-state index contributed by atoms with van der Waals surface area (Å²) in [5.41, 5.74) is 0. The molecule has 0 aromatic heterocycles. The van der Waals surface area contributed by atoms with Gasteiger partial charge in [-0.05, 0) is 0 Å². The second kappa shape index (κ2) is 5.80. The molecule has 18 heavy (non-hydrogen) atoms. The van der Waals surface area contributed by atoms with Crippen LogP contribution in [-0.2, 0) is 3.83 Å². The van der Waals surface area contributed by atoms with Crippen LogP contribution in [0.15, 0.2) is 48.5 Å². The Hall–Kier alpha value is -1.64. The van der Waals surface area contributed by atoms with E-state index >= 15 is 0 Å². The van der Waals surface area contributed by atoms with E-state index in [0.29, 0.717) is 0 Å². The molecular formula is C14H14O3Se. The van der Waals surface area contributed by atoms with Gasteiger partial charge in [-0.25, -0.2) is 0 Å². The monoisotopic (exact) mass is 310 g/mol. The minimum absolute atomic E-state index is 0.771. The zero-order chi connectivity index (χ0) is 13.0. The van der Waals surface area contributed by atoms with Crippen molar-refractivity contribution in [1.29, 1.82) is 0 Å². The fourth-order valence-electron chi connectivity index (χ4n) is 1.53. The molecule has 0 N–H and O–H groups in total. The molecule has 0 saturated heterocycles. The SMILES string of the molecule is COc1ccc([Se](=O)c2ccc(OC)cc2)cc1. The molecule has 0 amide bonds. The van der Waals surface area contributed by atoms with Gasteiger partial charge >= 0.3 is 110 Å². The van der Waals surface area contributed by atoms with Crippen molar-refractivity contribution in [2.45, 2.75) is 0 Å². The predicted molar refractivity (Wildman–Crippen MR) is 71.7 cm³/mol. The zero-order valence-electron chi connectivity index (χ0n) is 10.3.